The summed E-state index contributed by atoms with van der Waals surface area (Å²) in [6, 6.07) is 5.72. The molecule has 10 heteroatoms. The Morgan fingerprint density at radius 2 is 1.88 bits per heavy atom. The predicted octanol–water partition coefficient (Wildman–Crippen LogP) is 3.94. The molecule has 0 radical (unpaired) electrons. The van der Waals surface area contributed by atoms with Gasteiger partial charge in [0.25, 0.3) is 0 Å². The van der Waals surface area contributed by atoms with Gasteiger partial charge in [-0.15, -0.1) is 13.2 Å². The van der Waals surface area contributed by atoms with Crippen LogP contribution in [0.3, 0.4) is 0 Å². The third kappa shape index (κ3) is 5.53. The molecule has 3 heterocycles. The first-order valence-electron chi connectivity index (χ1n) is 15.0. The number of unbranched alkanes of at least 4 members (excludes halogenated alkanes) is 1. The van der Waals surface area contributed by atoms with Crippen LogP contribution in [-0.4, -0.2) is 94.1 Å². The number of aliphatic hydroxyl groups excluding tert-OH is 1. The summed E-state index contributed by atoms with van der Waals surface area (Å²) in [6.45, 7) is 14.9. The molecule has 4 rings (SSSR count). The number of benzene rings is 1. The van der Waals surface area contributed by atoms with E-state index < -0.39 is 35.6 Å². The van der Waals surface area contributed by atoms with E-state index >= 15 is 0 Å². The van der Waals surface area contributed by atoms with Gasteiger partial charge in [-0.1, -0.05) is 48.4 Å². The predicted molar refractivity (Wildman–Crippen MR) is 166 cm³/mol. The molecule has 42 heavy (non-hydrogen) atoms. The number of rotatable bonds is 15. The lowest BCUT2D eigenvalue weighted by molar-refractivity contribution is -0.151. The third-order valence-corrected chi connectivity index (χ3v) is 9.65. The minimum Gasteiger partial charge on any atom is -0.494 e. The molecule has 1 N–H and O–H groups in total. The van der Waals surface area contributed by atoms with E-state index in [1.54, 1.807) is 22.0 Å². The van der Waals surface area contributed by atoms with Crippen molar-refractivity contribution in [3.8, 4) is 5.75 Å². The van der Waals surface area contributed by atoms with Gasteiger partial charge in [-0.05, 0) is 50.5 Å². The number of carbonyl (C=O) groups excluding carboxylic acids is 3. The van der Waals surface area contributed by atoms with Crippen LogP contribution in [0.25, 0.3) is 0 Å². The molecule has 1 aromatic carbocycles. The van der Waals surface area contributed by atoms with Gasteiger partial charge in [-0.3, -0.25) is 14.4 Å². The maximum absolute atomic E-state index is 14.5. The number of halogens is 1. The fourth-order valence-corrected chi connectivity index (χ4v) is 7.87. The summed E-state index contributed by atoms with van der Waals surface area (Å²) in [5.74, 6) is -1.78. The second kappa shape index (κ2) is 13.7. The maximum atomic E-state index is 14.5. The number of likely N-dealkylation sites (tertiary alicyclic amines) is 1. The average molecular weight is 647 g/mol. The van der Waals surface area contributed by atoms with E-state index in [0.29, 0.717) is 44.0 Å². The van der Waals surface area contributed by atoms with Gasteiger partial charge < -0.3 is 29.3 Å². The molecule has 3 aliphatic heterocycles. The number of hydrogen-bond donors (Lipinski definition) is 1. The molecule has 2 bridgehead atoms. The van der Waals surface area contributed by atoms with E-state index in [1.807, 2.05) is 38.1 Å². The maximum Gasteiger partial charge on any atom is 0.248 e. The largest absolute Gasteiger partial charge is 0.494 e. The fourth-order valence-electron chi connectivity index (χ4n) is 6.93. The van der Waals surface area contributed by atoms with Gasteiger partial charge in [0, 0.05) is 30.1 Å². The number of carbonyl (C=O) groups is 3. The lowest BCUT2D eigenvalue weighted by Gasteiger charge is -2.39. The van der Waals surface area contributed by atoms with Crippen LogP contribution >= 0.6 is 15.9 Å². The van der Waals surface area contributed by atoms with E-state index in [0.717, 1.165) is 12.8 Å². The lowest BCUT2D eigenvalue weighted by Crippen LogP contribution is -2.59. The number of fused-ring (bicyclic) bond motifs is 1. The van der Waals surface area contributed by atoms with Crippen molar-refractivity contribution in [3.63, 3.8) is 0 Å². The molecule has 0 saturated carbocycles. The Bertz CT molecular complexity index is 1160. The number of ether oxygens (including phenoxy) is 2. The summed E-state index contributed by atoms with van der Waals surface area (Å²) in [4.78, 5) is 47.9. The van der Waals surface area contributed by atoms with Gasteiger partial charge in [-0.25, -0.2) is 0 Å². The molecule has 3 unspecified atom stereocenters. The highest BCUT2D eigenvalue weighted by Crippen LogP contribution is 2.61. The zero-order valence-electron chi connectivity index (χ0n) is 24.9. The van der Waals surface area contributed by atoms with Crippen LogP contribution in [0.5, 0.6) is 5.75 Å². The summed E-state index contributed by atoms with van der Waals surface area (Å²) in [6.07, 6.45) is 5.32. The third-order valence-electron chi connectivity index (χ3n) is 8.80. The Labute approximate surface area is 257 Å². The summed E-state index contributed by atoms with van der Waals surface area (Å²) in [7, 11) is 0. The first-order valence-corrected chi connectivity index (χ1v) is 16.0. The molecule has 0 aliphatic carbocycles. The van der Waals surface area contributed by atoms with Crippen molar-refractivity contribution in [2.24, 2.45) is 11.8 Å². The normalized spacial score (nSPS) is 28.4. The molecule has 230 valence electrons. The fraction of sp³-hybridized carbons (Fsp3) is 0.594. The Hall–Kier alpha value is -2.69. The van der Waals surface area contributed by atoms with Crippen molar-refractivity contribution in [1.29, 1.82) is 0 Å². The first kappa shape index (κ1) is 32.2. The number of anilines is 1. The highest BCUT2D eigenvalue weighted by atomic mass is 79.9. The molecule has 0 aromatic heterocycles. The Balaban J connectivity index is 1.77. The number of hydrogen-bond acceptors (Lipinski definition) is 6. The highest BCUT2D eigenvalue weighted by Gasteiger charge is 2.77. The van der Waals surface area contributed by atoms with Crippen LogP contribution in [-0.2, 0) is 19.1 Å². The second-order valence-electron chi connectivity index (χ2n) is 11.2. The SMILES string of the molecule is C=CCN(CCCC)C(=O)C1N([C@@H](CC)CO)C(=O)[C@@H]2[C@H](C(=O)N(CC=C)c3ccc(OCC)cc3)[C@H]3OC12CC3Br. The number of amides is 3. The molecular weight excluding hydrogens is 602 g/mol. The van der Waals surface area contributed by atoms with Crippen molar-refractivity contribution >= 4 is 39.3 Å². The van der Waals surface area contributed by atoms with Crippen LogP contribution in [0, 0.1) is 11.8 Å². The van der Waals surface area contributed by atoms with Crippen LogP contribution in [0.2, 0.25) is 0 Å². The van der Waals surface area contributed by atoms with Crippen LogP contribution in [0.15, 0.2) is 49.6 Å². The van der Waals surface area contributed by atoms with Crippen molar-refractivity contribution in [1.82, 2.24) is 9.80 Å². The minimum absolute atomic E-state index is 0.227. The van der Waals surface area contributed by atoms with Gasteiger partial charge >= 0.3 is 0 Å². The van der Waals surface area contributed by atoms with Gasteiger partial charge in [-0.2, -0.15) is 0 Å². The molecule has 1 aromatic rings. The molecule has 3 saturated heterocycles. The summed E-state index contributed by atoms with van der Waals surface area (Å²) < 4.78 is 12.3. The number of alkyl halides is 1. The summed E-state index contributed by atoms with van der Waals surface area (Å²) >= 11 is 3.75. The highest BCUT2D eigenvalue weighted by molar-refractivity contribution is 9.09. The van der Waals surface area contributed by atoms with E-state index in [4.69, 9.17) is 9.47 Å². The average Bonchev–Trinajstić information content (AvgIpc) is 3.58. The monoisotopic (exact) mass is 645 g/mol. The van der Waals surface area contributed by atoms with Gasteiger partial charge in [0.15, 0.2) is 0 Å². The molecule has 3 amide bonds. The van der Waals surface area contributed by atoms with Gasteiger partial charge in [0.1, 0.15) is 17.4 Å². The van der Waals surface area contributed by atoms with Gasteiger partial charge in [0.05, 0.1) is 37.2 Å². The lowest BCUT2D eigenvalue weighted by atomic mass is 9.70. The topological polar surface area (TPSA) is 99.6 Å². The molecule has 1 spiro atoms. The minimum atomic E-state index is -1.19. The van der Waals surface area contributed by atoms with E-state index in [1.165, 1.54) is 4.90 Å². The van der Waals surface area contributed by atoms with Crippen LogP contribution in [0.4, 0.5) is 5.69 Å². The van der Waals surface area contributed by atoms with Crippen molar-refractivity contribution in [2.45, 2.75) is 75.1 Å². The second-order valence-corrected chi connectivity index (χ2v) is 12.4. The zero-order chi connectivity index (χ0) is 30.6. The Morgan fingerprint density at radius 3 is 2.45 bits per heavy atom. The van der Waals surface area contributed by atoms with Crippen molar-refractivity contribution in [2.75, 3.05) is 37.7 Å². The van der Waals surface area contributed by atoms with Crippen molar-refractivity contribution < 1.29 is 29.0 Å². The Kier molecular flexibility index (Phi) is 10.5. The standard InChI is InChI=1S/C32H44BrN3O6/c1-6-11-18-34(16-7-2)31(40)28-32-19-24(33)27(42-32)25(26(32)30(39)36(28)21(9-4)20-37)29(38)35(17-8-3)22-12-14-23(15-13-22)41-10-5/h7-8,12-15,21,24-28,37H,2-3,6,9-11,16-20H2,1,4-5H3/t21-,24?,25-,26-,27-,28?,32?/m0/s1. The van der Waals surface area contributed by atoms with E-state index in [2.05, 4.69) is 36.0 Å². The zero-order valence-corrected chi connectivity index (χ0v) is 26.5. The summed E-state index contributed by atoms with van der Waals surface area (Å²) in [5, 5.41) is 10.3. The molecular formula is C32H44BrN3O6. The quantitative estimate of drug-likeness (QED) is 0.229. The Morgan fingerprint density at radius 1 is 1.19 bits per heavy atom. The van der Waals surface area contributed by atoms with Crippen molar-refractivity contribution in [3.05, 3.63) is 49.6 Å². The smallest absolute Gasteiger partial charge is 0.248 e. The number of nitrogens with zero attached hydrogens (tertiary/aromatic N) is 3. The molecule has 7 atom stereocenters. The molecule has 3 aliphatic rings. The van der Waals surface area contributed by atoms with Crippen LogP contribution in [0.1, 0.15) is 46.5 Å². The first-order chi connectivity index (χ1) is 20.2. The summed E-state index contributed by atoms with van der Waals surface area (Å²) in [5.41, 5.74) is -0.542. The number of aliphatic hydroxyl groups is 1. The van der Waals surface area contributed by atoms with Crippen LogP contribution < -0.4 is 9.64 Å². The van der Waals surface area contributed by atoms with Gasteiger partial charge in [0.2, 0.25) is 17.7 Å². The van der Waals surface area contributed by atoms with E-state index in [-0.39, 0.29) is 35.7 Å². The molecule has 9 nitrogen and oxygen atoms in total. The molecule has 3 fully saturated rings. The van der Waals surface area contributed by atoms with E-state index in [9.17, 15) is 19.5 Å².